The molecule has 7 heteroatoms. The van der Waals surface area contributed by atoms with Crippen molar-refractivity contribution in [3.8, 4) is 0 Å². The van der Waals surface area contributed by atoms with Gasteiger partial charge in [0.2, 0.25) is 0 Å². The number of nitrogens with zero attached hydrogens (tertiary/aromatic N) is 1. The van der Waals surface area contributed by atoms with Crippen LogP contribution < -0.4 is 0 Å². The number of carbonyl (C=O) groups is 1. The van der Waals surface area contributed by atoms with Crippen molar-refractivity contribution >= 4 is 27.1 Å². The molecule has 0 aliphatic carbocycles. The summed E-state index contributed by atoms with van der Waals surface area (Å²) in [6.45, 7) is 0. The third-order valence-corrected chi connectivity index (χ3v) is 5.65. The Morgan fingerprint density at radius 1 is 1.65 bits per heavy atom. The van der Waals surface area contributed by atoms with E-state index in [-0.39, 0.29) is 17.4 Å². The lowest BCUT2D eigenvalue weighted by Crippen LogP contribution is -2.26. The fraction of sp³-hybridized carbons (Fsp3) is 0.600. The highest BCUT2D eigenvalue weighted by Crippen LogP contribution is 2.29. The molecule has 2 atom stereocenters. The van der Waals surface area contributed by atoms with Crippen LogP contribution in [0.1, 0.15) is 11.3 Å². The molecule has 0 bridgehead atoms. The summed E-state index contributed by atoms with van der Waals surface area (Å²) in [4.78, 5) is 16.0. The summed E-state index contributed by atoms with van der Waals surface area (Å²) in [5.41, 5.74) is 1.65. The van der Waals surface area contributed by atoms with Gasteiger partial charge in [-0.25, -0.2) is 8.42 Å². The van der Waals surface area contributed by atoms with Crippen LogP contribution in [0.25, 0.3) is 0 Å². The van der Waals surface area contributed by atoms with E-state index >= 15 is 0 Å². The van der Waals surface area contributed by atoms with E-state index in [9.17, 15) is 18.3 Å². The first kappa shape index (κ1) is 12.5. The van der Waals surface area contributed by atoms with Crippen LogP contribution >= 0.6 is 11.3 Å². The summed E-state index contributed by atoms with van der Waals surface area (Å²) in [7, 11) is -3.03. The number of sulfone groups is 1. The lowest BCUT2D eigenvalue weighted by molar-refractivity contribution is -0.143. The monoisotopic (exact) mass is 275 g/mol. The van der Waals surface area contributed by atoms with Crippen molar-refractivity contribution in [3.63, 3.8) is 0 Å². The summed E-state index contributed by atoms with van der Waals surface area (Å²) in [6.07, 6.45) is 2.47. The average Bonchev–Trinajstić information content (AvgIpc) is 2.83. The van der Waals surface area contributed by atoms with E-state index in [1.807, 2.05) is 0 Å². The van der Waals surface area contributed by atoms with Crippen LogP contribution in [0.5, 0.6) is 0 Å². The molecule has 1 saturated heterocycles. The number of hydrogen-bond acceptors (Lipinski definition) is 5. The minimum absolute atomic E-state index is 0.00275. The summed E-state index contributed by atoms with van der Waals surface area (Å²) in [5, 5.41) is 9.19. The Morgan fingerprint density at radius 3 is 2.88 bits per heavy atom. The minimum atomic E-state index is -3.03. The highest BCUT2D eigenvalue weighted by Gasteiger charge is 2.37. The third kappa shape index (κ3) is 3.04. The van der Waals surface area contributed by atoms with Gasteiger partial charge in [0.1, 0.15) is 0 Å². The van der Waals surface area contributed by atoms with Crippen LogP contribution in [-0.4, -0.2) is 36.0 Å². The van der Waals surface area contributed by atoms with E-state index in [4.69, 9.17) is 0 Å². The van der Waals surface area contributed by atoms with Crippen LogP contribution in [0.3, 0.4) is 0 Å². The van der Waals surface area contributed by atoms with Crippen molar-refractivity contribution in [2.24, 2.45) is 11.8 Å². The van der Waals surface area contributed by atoms with E-state index < -0.39 is 21.7 Å². The number of thiazole rings is 1. The fourth-order valence-electron chi connectivity index (χ4n) is 2.16. The predicted octanol–water partition coefficient (Wildman–Crippen LogP) is 0.821. The van der Waals surface area contributed by atoms with Crippen molar-refractivity contribution in [2.45, 2.75) is 12.8 Å². The minimum Gasteiger partial charge on any atom is -0.481 e. The quantitative estimate of drug-likeness (QED) is 0.879. The van der Waals surface area contributed by atoms with Gasteiger partial charge in [-0.15, -0.1) is 11.3 Å². The first-order valence-electron chi connectivity index (χ1n) is 5.28. The number of carboxylic acids is 1. The summed E-state index contributed by atoms with van der Waals surface area (Å²) in [6, 6.07) is 0. The second kappa shape index (κ2) is 4.73. The Labute approximate surface area is 103 Å². The third-order valence-electron chi connectivity index (χ3n) is 3.06. The standard InChI is InChI=1S/C10H13NO4S2/c12-10(13)9(3-8-4-11-6-16-8)7-1-2-17(14,15)5-7/h4,6-7,9H,1-3,5H2,(H,12,13). The molecule has 2 heterocycles. The maximum atomic E-state index is 11.4. The van der Waals surface area contributed by atoms with Crippen molar-refractivity contribution < 1.29 is 18.3 Å². The Balaban J connectivity index is 2.11. The van der Waals surface area contributed by atoms with Crippen molar-refractivity contribution in [1.29, 1.82) is 0 Å². The van der Waals surface area contributed by atoms with Gasteiger partial charge < -0.3 is 5.11 Å². The van der Waals surface area contributed by atoms with E-state index in [2.05, 4.69) is 4.98 Å². The molecule has 2 unspecified atom stereocenters. The van der Waals surface area contributed by atoms with Gasteiger partial charge in [-0.1, -0.05) is 0 Å². The Bertz CT molecular complexity index is 494. The van der Waals surface area contributed by atoms with Gasteiger partial charge in [0, 0.05) is 11.1 Å². The first-order valence-corrected chi connectivity index (χ1v) is 7.98. The molecule has 1 aromatic rings. The maximum absolute atomic E-state index is 11.4. The molecule has 1 N–H and O–H groups in total. The van der Waals surface area contributed by atoms with Gasteiger partial charge >= 0.3 is 5.97 Å². The Hall–Kier alpha value is -0.950. The lowest BCUT2D eigenvalue weighted by atomic mass is 9.89. The van der Waals surface area contributed by atoms with E-state index in [0.29, 0.717) is 12.8 Å². The van der Waals surface area contributed by atoms with Crippen LogP contribution in [-0.2, 0) is 21.1 Å². The molecule has 0 aromatic carbocycles. The van der Waals surface area contributed by atoms with Gasteiger partial charge in [0.15, 0.2) is 9.84 Å². The number of hydrogen-bond donors (Lipinski definition) is 1. The summed E-state index contributed by atoms with van der Waals surface area (Å²) in [5.74, 6) is -1.68. The Kier molecular flexibility index (Phi) is 3.48. The molecule has 2 rings (SSSR count). The van der Waals surface area contributed by atoms with Gasteiger partial charge in [0.05, 0.1) is 22.9 Å². The molecular weight excluding hydrogens is 262 g/mol. The zero-order valence-electron chi connectivity index (χ0n) is 9.07. The first-order chi connectivity index (χ1) is 7.98. The molecule has 94 valence electrons. The van der Waals surface area contributed by atoms with Crippen molar-refractivity contribution in [2.75, 3.05) is 11.5 Å². The number of aliphatic carboxylic acids is 1. The van der Waals surface area contributed by atoms with Gasteiger partial charge in [-0.3, -0.25) is 9.78 Å². The molecule has 1 aliphatic heterocycles. The smallest absolute Gasteiger partial charge is 0.307 e. The van der Waals surface area contributed by atoms with Crippen molar-refractivity contribution in [1.82, 2.24) is 4.98 Å². The molecule has 0 amide bonds. The second-order valence-electron chi connectivity index (χ2n) is 4.28. The Morgan fingerprint density at radius 2 is 2.41 bits per heavy atom. The normalized spacial score (nSPS) is 24.6. The fourth-order valence-corrected chi connectivity index (χ4v) is 4.69. The van der Waals surface area contributed by atoms with Crippen LogP contribution in [0.15, 0.2) is 11.7 Å². The molecule has 0 radical (unpaired) electrons. The van der Waals surface area contributed by atoms with Crippen LogP contribution in [0.2, 0.25) is 0 Å². The average molecular weight is 275 g/mol. The summed E-state index contributed by atoms with van der Waals surface area (Å²) < 4.78 is 22.7. The maximum Gasteiger partial charge on any atom is 0.307 e. The van der Waals surface area contributed by atoms with E-state index in [1.54, 1.807) is 11.7 Å². The number of carboxylic acid groups (broad SMARTS) is 1. The molecule has 0 spiro atoms. The second-order valence-corrected chi connectivity index (χ2v) is 7.48. The SMILES string of the molecule is O=C(O)C(Cc1cncs1)C1CCS(=O)(=O)C1. The van der Waals surface area contributed by atoms with E-state index in [0.717, 1.165) is 4.88 Å². The molecule has 0 saturated carbocycles. The summed E-state index contributed by atoms with van der Waals surface area (Å²) >= 11 is 1.40. The largest absolute Gasteiger partial charge is 0.481 e. The molecule has 17 heavy (non-hydrogen) atoms. The topological polar surface area (TPSA) is 84.3 Å². The molecule has 1 aromatic heterocycles. The number of rotatable bonds is 4. The van der Waals surface area contributed by atoms with Gasteiger partial charge in [0.25, 0.3) is 0 Å². The van der Waals surface area contributed by atoms with Crippen LogP contribution in [0.4, 0.5) is 0 Å². The molecule has 5 nitrogen and oxygen atoms in total. The van der Waals surface area contributed by atoms with Crippen LogP contribution in [0, 0.1) is 11.8 Å². The molecule has 1 aliphatic rings. The van der Waals surface area contributed by atoms with Gasteiger partial charge in [-0.05, 0) is 18.8 Å². The van der Waals surface area contributed by atoms with Crippen molar-refractivity contribution in [3.05, 3.63) is 16.6 Å². The molecular formula is C10H13NO4S2. The molecule has 1 fully saturated rings. The highest BCUT2D eigenvalue weighted by molar-refractivity contribution is 7.91. The van der Waals surface area contributed by atoms with E-state index in [1.165, 1.54) is 11.3 Å². The lowest BCUT2D eigenvalue weighted by Gasteiger charge is -2.16. The predicted molar refractivity (Wildman–Crippen MR) is 63.7 cm³/mol. The van der Waals surface area contributed by atoms with Gasteiger partial charge in [-0.2, -0.15) is 0 Å². The number of aromatic nitrogens is 1. The highest BCUT2D eigenvalue weighted by atomic mass is 32.2. The zero-order valence-corrected chi connectivity index (χ0v) is 10.7. The zero-order chi connectivity index (χ0) is 12.5.